The summed E-state index contributed by atoms with van der Waals surface area (Å²) in [6.45, 7) is 1.04. The number of anilines is 2. The summed E-state index contributed by atoms with van der Waals surface area (Å²) in [5, 5.41) is 2.78. The van der Waals surface area contributed by atoms with Crippen molar-refractivity contribution in [3.05, 3.63) is 120 Å². The van der Waals surface area contributed by atoms with Crippen LogP contribution in [-0.2, 0) is 22.8 Å². The van der Waals surface area contributed by atoms with Crippen LogP contribution in [0, 0.1) is 0 Å². The summed E-state index contributed by atoms with van der Waals surface area (Å²) in [5.74, 6) is 0.0160. The van der Waals surface area contributed by atoms with Gasteiger partial charge in [0.15, 0.2) is 0 Å². The Bertz CT molecular complexity index is 1640. The molecule has 0 bridgehead atoms. The van der Waals surface area contributed by atoms with Gasteiger partial charge in [0.2, 0.25) is 10.0 Å². The Hall–Kier alpha value is -4.35. The molecule has 4 aromatic rings. The van der Waals surface area contributed by atoms with Crippen LogP contribution in [-0.4, -0.2) is 44.8 Å². The molecule has 1 aliphatic heterocycles. The topological polar surface area (TPSA) is 79.0 Å². The number of piperazine rings is 1. The van der Waals surface area contributed by atoms with Gasteiger partial charge in [0.25, 0.3) is 5.91 Å². The van der Waals surface area contributed by atoms with Gasteiger partial charge >= 0.3 is 6.18 Å². The highest BCUT2D eigenvalue weighted by Gasteiger charge is 2.32. The maximum Gasteiger partial charge on any atom is 0.416 e. The van der Waals surface area contributed by atoms with Gasteiger partial charge in [0.05, 0.1) is 16.0 Å². The van der Waals surface area contributed by atoms with Crippen LogP contribution in [0.3, 0.4) is 0 Å². The van der Waals surface area contributed by atoms with Crippen molar-refractivity contribution < 1.29 is 31.1 Å². The zero-order chi connectivity index (χ0) is 29.7. The van der Waals surface area contributed by atoms with E-state index in [1.54, 1.807) is 35.2 Å². The fraction of sp³-hybridized carbons (Fsp3) is 0.194. The van der Waals surface area contributed by atoms with Crippen molar-refractivity contribution in [2.45, 2.75) is 17.7 Å². The molecular weight excluding hydrogens is 567 g/mol. The number of ether oxygens (including phenoxy) is 1. The Balaban J connectivity index is 1.20. The number of hydrogen-bond acceptors (Lipinski definition) is 5. The smallest absolute Gasteiger partial charge is 0.416 e. The Morgan fingerprint density at radius 3 is 2.17 bits per heavy atom. The Labute approximate surface area is 242 Å². The minimum absolute atomic E-state index is 0.0552. The third-order valence-electron chi connectivity index (χ3n) is 6.90. The molecule has 1 aliphatic rings. The molecule has 0 aromatic heterocycles. The number of nitrogens with one attached hydrogen (secondary N) is 1. The SMILES string of the molecule is O=C(Nc1ccc(S(=O)(=O)N2CCN(c3cccc(C(F)(F)F)c3)CC2)cc1)c1ccccc1OCc1ccccc1. The highest BCUT2D eigenvalue weighted by Crippen LogP contribution is 2.32. The normalized spacial score (nSPS) is 14.4. The molecule has 1 amide bonds. The van der Waals surface area contributed by atoms with E-state index in [0.29, 0.717) is 29.3 Å². The summed E-state index contributed by atoms with van der Waals surface area (Å²) >= 11 is 0. The van der Waals surface area contributed by atoms with Gasteiger partial charge in [-0.25, -0.2) is 8.42 Å². The fourth-order valence-electron chi connectivity index (χ4n) is 4.64. The van der Waals surface area contributed by atoms with Gasteiger partial charge in [-0.15, -0.1) is 0 Å². The summed E-state index contributed by atoms with van der Waals surface area (Å²) in [6.07, 6.45) is -4.45. The molecule has 0 atom stereocenters. The van der Waals surface area contributed by atoms with E-state index in [4.69, 9.17) is 4.74 Å². The predicted octanol–water partition coefficient (Wildman–Crippen LogP) is 6.05. The van der Waals surface area contributed by atoms with Crippen LogP contribution in [0.1, 0.15) is 21.5 Å². The van der Waals surface area contributed by atoms with E-state index in [2.05, 4.69) is 5.32 Å². The minimum atomic E-state index is -4.45. The Morgan fingerprint density at radius 2 is 1.48 bits per heavy atom. The number of alkyl halides is 3. The molecule has 0 saturated carbocycles. The number of halogens is 3. The maximum absolute atomic E-state index is 13.3. The van der Waals surface area contributed by atoms with Crippen molar-refractivity contribution in [2.24, 2.45) is 0 Å². The summed E-state index contributed by atoms with van der Waals surface area (Å²) in [7, 11) is -3.84. The molecule has 218 valence electrons. The molecule has 5 rings (SSSR count). The molecule has 4 aromatic carbocycles. The van der Waals surface area contributed by atoms with Crippen LogP contribution >= 0.6 is 0 Å². The van der Waals surface area contributed by atoms with Crippen molar-refractivity contribution in [2.75, 3.05) is 36.4 Å². The monoisotopic (exact) mass is 595 g/mol. The van der Waals surface area contributed by atoms with Crippen molar-refractivity contribution in [3.8, 4) is 5.75 Å². The second-order valence-corrected chi connectivity index (χ2v) is 11.6. The van der Waals surface area contributed by atoms with Gasteiger partial charge in [0, 0.05) is 37.6 Å². The van der Waals surface area contributed by atoms with E-state index in [1.807, 2.05) is 30.3 Å². The van der Waals surface area contributed by atoms with E-state index in [-0.39, 0.29) is 31.1 Å². The van der Waals surface area contributed by atoms with Gasteiger partial charge < -0.3 is 15.0 Å². The van der Waals surface area contributed by atoms with E-state index in [1.165, 1.54) is 34.6 Å². The first-order chi connectivity index (χ1) is 20.1. The van der Waals surface area contributed by atoms with E-state index in [9.17, 15) is 26.4 Å². The van der Waals surface area contributed by atoms with E-state index >= 15 is 0 Å². The van der Waals surface area contributed by atoms with Gasteiger partial charge in [-0.05, 0) is 60.2 Å². The van der Waals surface area contributed by atoms with Crippen LogP contribution < -0.4 is 15.0 Å². The zero-order valence-electron chi connectivity index (χ0n) is 22.4. The van der Waals surface area contributed by atoms with Crippen molar-refractivity contribution in [1.82, 2.24) is 4.31 Å². The number of rotatable bonds is 8. The zero-order valence-corrected chi connectivity index (χ0v) is 23.2. The number of amides is 1. The molecule has 0 spiro atoms. The third-order valence-corrected chi connectivity index (χ3v) is 8.81. The van der Waals surface area contributed by atoms with E-state index < -0.39 is 27.7 Å². The highest BCUT2D eigenvalue weighted by molar-refractivity contribution is 7.89. The lowest BCUT2D eigenvalue weighted by atomic mass is 10.1. The summed E-state index contributed by atoms with van der Waals surface area (Å²) in [6, 6.07) is 27.3. The quantitative estimate of drug-likeness (QED) is 0.269. The molecule has 1 N–H and O–H groups in total. The van der Waals surface area contributed by atoms with Gasteiger partial charge in [0.1, 0.15) is 12.4 Å². The van der Waals surface area contributed by atoms with Crippen LogP contribution in [0.2, 0.25) is 0 Å². The number of carbonyl (C=O) groups is 1. The molecule has 1 heterocycles. The van der Waals surface area contributed by atoms with E-state index in [0.717, 1.165) is 17.7 Å². The second kappa shape index (κ2) is 12.3. The van der Waals surface area contributed by atoms with Gasteiger partial charge in [-0.2, -0.15) is 17.5 Å². The number of para-hydroxylation sites is 1. The fourth-order valence-corrected chi connectivity index (χ4v) is 6.06. The highest BCUT2D eigenvalue weighted by atomic mass is 32.2. The first kappa shape index (κ1) is 29.2. The summed E-state index contributed by atoms with van der Waals surface area (Å²) < 4.78 is 73.0. The molecule has 1 fully saturated rings. The lowest BCUT2D eigenvalue weighted by Gasteiger charge is -2.35. The maximum atomic E-state index is 13.3. The molecule has 1 saturated heterocycles. The lowest BCUT2D eigenvalue weighted by Crippen LogP contribution is -2.48. The first-order valence-electron chi connectivity index (χ1n) is 13.2. The Kier molecular flexibility index (Phi) is 8.51. The molecular formula is C31H28F3N3O4S. The molecule has 7 nitrogen and oxygen atoms in total. The average molecular weight is 596 g/mol. The predicted molar refractivity (Wildman–Crippen MR) is 154 cm³/mol. The number of sulfonamides is 1. The van der Waals surface area contributed by atoms with Crippen LogP contribution in [0.25, 0.3) is 0 Å². The number of carbonyl (C=O) groups excluding carboxylic acids is 1. The summed E-state index contributed by atoms with van der Waals surface area (Å²) in [5.41, 5.74) is 1.36. The molecule has 42 heavy (non-hydrogen) atoms. The number of hydrogen-bond donors (Lipinski definition) is 1. The molecule has 11 heteroatoms. The van der Waals surface area contributed by atoms with Gasteiger partial charge in [-0.1, -0.05) is 48.5 Å². The van der Waals surface area contributed by atoms with Crippen LogP contribution in [0.5, 0.6) is 5.75 Å². The van der Waals surface area contributed by atoms with Crippen molar-refractivity contribution in [3.63, 3.8) is 0 Å². The number of benzene rings is 4. The molecule has 0 radical (unpaired) electrons. The summed E-state index contributed by atoms with van der Waals surface area (Å²) in [4.78, 5) is 14.8. The lowest BCUT2D eigenvalue weighted by molar-refractivity contribution is -0.137. The van der Waals surface area contributed by atoms with Crippen molar-refractivity contribution in [1.29, 1.82) is 0 Å². The van der Waals surface area contributed by atoms with Crippen molar-refractivity contribution >= 4 is 27.3 Å². The van der Waals surface area contributed by atoms with Crippen LogP contribution in [0.4, 0.5) is 24.5 Å². The standard InChI is InChI=1S/C31H28F3N3O4S/c32-31(33,34)24-9-6-10-26(21-24)36-17-19-37(20-18-36)42(39,40)27-15-13-25(14-16-27)35-30(38)28-11-4-5-12-29(28)41-22-23-7-2-1-3-8-23/h1-16,21H,17-20,22H2,(H,35,38). The van der Waals surface area contributed by atoms with Crippen LogP contribution in [0.15, 0.2) is 108 Å². The average Bonchev–Trinajstić information content (AvgIpc) is 3.00. The van der Waals surface area contributed by atoms with Gasteiger partial charge in [-0.3, -0.25) is 4.79 Å². The minimum Gasteiger partial charge on any atom is -0.488 e. The third kappa shape index (κ3) is 6.75. The number of nitrogens with zero attached hydrogens (tertiary/aromatic N) is 2. The first-order valence-corrected chi connectivity index (χ1v) is 14.6. The Morgan fingerprint density at radius 1 is 0.810 bits per heavy atom. The second-order valence-electron chi connectivity index (χ2n) is 9.69. The molecule has 0 unspecified atom stereocenters. The molecule has 0 aliphatic carbocycles. The largest absolute Gasteiger partial charge is 0.488 e.